The maximum absolute atomic E-state index is 13.4. The third-order valence-electron chi connectivity index (χ3n) is 8.48. The van der Waals surface area contributed by atoms with Crippen LogP contribution in [-0.2, 0) is 30.4 Å². The van der Waals surface area contributed by atoms with Crippen LogP contribution in [0.4, 0.5) is 21.9 Å². The highest BCUT2D eigenvalue weighted by molar-refractivity contribution is 6.02. The Morgan fingerprint density at radius 3 is 1.98 bits per heavy atom. The molecule has 284 valence electrons. The Kier molecular flexibility index (Phi) is 16.5. The van der Waals surface area contributed by atoms with E-state index in [0.717, 1.165) is 41.2 Å². The topological polar surface area (TPSA) is 115 Å². The van der Waals surface area contributed by atoms with Crippen molar-refractivity contribution in [2.24, 2.45) is 17.8 Å². The van der Waals surface area contributed by atoms with Crippen molar-refractivity contribution in [2.75, 3.05) is 35.7 Å². The lowest BCUT2D eigenvalue weighted by molar-refractivity contribution is -0.203. The quantitative estimate of drug-likeness (QED) is 0.0932. The molecule has 3 atom stereocenters. The summed E-state index contributed by atoms with van der Waals surface area (Å²) in [5.41, 5.74) is 5.14. The number of esters is 2. The van der Waals surface area contributed by atoms with Crippen LogP contribution in [0.5, 0.6) is 5.75 Å². The first-order chi connectivity index (χ1) is 24.7. The number of nitrogens with one attached hydrogen (secondary N) is 2. The van der Waals surface area contributed by atoms with E-state index in [1.807, 2.05) is 94.4 Å². The fourth-order valence-electron chi connectivity index (χ4n) is 5.65. The van der Waals surface area contributed by atoms with Gasteiger partial charge in [0.15, 0.2) is 6.10 Å². The van der Waals surface area contributed by atoms with Crippen LogP contribution in [0.2, 0.25) is 0 Å². The van der Waals surface area contributed by atoms with Gasteiger partial charge in [-0.2, -0.15) is 0 Å². The van der Waals surface area contributed by atoms with E-state index in [1.165, 1.54) is 0 Å². The highest BCUT2D eigenvalue weighted by atomic mass is 16.7. The summed E-state index contributed by atoms with van der Waals surface area (Å²) in [5, 5.41) is 6.03. The average molecular weight is 718 g/mol. The first-order valence-electron chi connectivity index (χ1n) is 18.4. The number of nitrogens with zero attached hydrogens (tertiary/aromatic N) is 1. The van der Waals surface area contributed by atoms with Gasteiger partial charge in [0.2, 0.25) is 6.29 Å². The zero-order valence-electron chi connectivity index (χ0n) is 32.7. The number of carbonyl (C=O) groups is 3. The molecular formula is C42H59N3O7. The third-order valence-corrected chi connectivity index (χ3v) is 8.48. The van der Waals surface area contributed by atoms with E-state index >= 15 is 0 Å². The molecule has 0 bridgehead atoms. The summed E-state index contributed by atoms with van der Waals surface area (Å²) in [5.74, 6) is -0.0585. The summed E-state index contributed by atoms with van der Waals surface area (Å²) in [6.07, 6.45) is -1.23. The number of methoxy groups -OCH3 is 1. The number of aryl methyl sites for hydroxylation is 1. The molecule has 1 unspecified atom stereocenters. The van der Waals surface area contributed by atoms with Crippen molar-refractivity contribution in [2.45, 2.75) is 100 Å². The summed E-state index contributed by atoms with van der Waals surface area (Å²) in [6, 6.07) is 20.7. The normalized spacial score (nSPS) is 13.0. The van der Waals surface area contributed by atoms with E-state index in [1.54, 1.807) is 14.0 Å². The van der Waals surface area contributed by atoms with Gasteiger partial charge in [0, 0.05) is 24.7 Å². The zero-order chi connectivity index (χ0) is 38.4. The van der Waals surface area contributed by atoms with Crippen molar-refractivity contribution in [3.63, 3.8) is 0 Å². The van der Waals surface area contributed by atoms with Gasteiger partial charge in [0.25, 0.3) is 0 Å². The van der Waals surface area contributed by atoms with E-state index < -0.39 is 24.3 Å². The van der Waals surface area contributed by atoms with Gasteiger partial charge in [-0.1, -0.05) is 84.4 Å². The predicted molar refractivity (Wildman–Crippen MR) is 208 cm³/mol. The minimum atomic E-state index is -1.07. The molecule has 0 saturated heterocycles. The van der Waals surface area contributed by atoms with Crippen LogP contribution >= 0.6 is 0 Å². The molecule has 0 aromatic heterocycles. The van der Waals surface area contributed by atoms with E-state index in [2.05, 4.69) is 43.2 Å². The van der Waals surface area contributed by atoms with Gasteiger partial charge >= 0.3 is 18.0 Å². The van der Waals surface area contributed by atoms with Gasteiger partial charge in [-0.3, -0.25) is 4.79 Å². The van der Waals surface area contributed by atoms with Crippen LogP contribution in [0.3, 0.4) is 0 Å². The summed E-state index contributed by atoms with van der Waals surface area (Å²) in [6.45, 7) is 19.8. The van der Waals surface area contributed by atoms with Crippen LogP contribution in [0.1, 0.15) is 90.8 Å². The van der Waals surface area contributed by atoms with E-state index in [0.29, 0.717) is 29.6 Å². The maximum atomic E-state index is 13.4. The number of urea groups is 1. The number of rotatable bonds is 19. The molecule has 0 fully saturated rings. The van der Waals surface area contributed by atoms with Crippen LogP contribution in [0.25, 0.3) is 0 Å². The molecule has 3 rings (SSSR count). The second-order valence-corrected chi connectivity index (χ2v) is 14.6. The zero-order valence-corrected chi connectivity index (χ0v) is 32.7. The number of anilines is 3. The minimum Gasteiger partial charge on any atom is -0.497 e. The van der Waals surface area contributed by atoms with Crippen molar-refractivity contribution >= 4 is 35.0 Å². The molecule has 0 aliphatic rings. The molecule has 0 radical (unpaired) electrons. The lowest BCUT2D eigenvalue weighted by atomic mass is 9.92. The molecule has 10 heteroatoms. The maximum Gasteiger partial charge on any atom is 0.338 e. The van der Waals surface area contributed by atoms with Gasteiger partial charge < -0.3 is 34.5 Å². The lowest BCUT2D eigenvalue weighted by Gasteiger charge is -2.31. The first-order valence-corrected chi connectivity index (χ1v) is 18.4. The van der Waals surface area contributed by atoms with Gasteiger partial charge in [0.1, 0.15) is 5.75 Å². The number of benzene rings is 3. The van der Waals surface area contributed by atoms with E-state index in [4.69, 9.17) is 18.9 Å². The molecule has 0 aliphatic heterocycles. The number of hydrogen-bond donors (Lipinski definition) is 2. The van der Waals surface area contributed by atoms with Crippen LogP contribution < -0.4 is 20.3 Å². The minimum absolute atomic E-state index is 0.0663. The summed E-state index contributed by atoms with van der Waals surface area (Å²) < 4.78 is 22.3. The Bertz CT molecular complexity index is 1560. The van der Waals surface area contributed by atoms with Crippen molar-refractivity contribution in [3.05, 3.63) is 83.4 Å². The molecule has 0 aliphatic carbocycles. The monoisotopic (exact) mass is 717 g/mol. The molecule has 3 aromatic carbocycles. The molecule has 0 spiro atoms. The largest absolute Gasteiger partial charge is 0.497 e. The molecular weight excluding hydrogens is 658 g/mol. The van der Waals surface area contributed by atoms with Gasteiger partial charge in [-0.25, -0.2) is 9.59 Å². The molecule has 2 N–H and O–H groups in total. The fourth-order valence-corrected chi connectivity index (χ4v) is 5.65. The summed E-state index contributed by atoms with van der Waals surface area (Å²) in [7, 11) is 1.60. The van der Waals surface area contributed by atoms with Crippen molar-refractivity contribution in [3.8, 4) is 5.75 Å². The second-order valence-electron chi connectivity index (χ2n) is 14.6. The number of amides is 2. The number of ether oxygens (including phenoxy) is 4. The Morgan fingerprint density at radius 2 is 1.42 bits per heavy atom. The molecule has 10 nitrogen and oxygen atoms in total. The van der Waals surface area contributed by atoms with Gasteiger partial charge in [-0.05, 0) is 85.5 Å². The lowest BCUT2D eigenvalue weighted by Crippen LogP contribution is -2.34. The Hall–Kier alpha value is -4.57. The molecule has 52 heavy (non-hydrogen) atoms. The second kappa shape index (κ2) is 20.5. The Labute approximate surface area is 310 Å². The van der Waals surface area contributed by atoms with Crippen LogP contribution in [0.15, 0.2) is 66.7 Å². The highest BCUT2D eigenvalue weighted by Gasteiger charge is 2.28. The van der Waals surface area contributed by atoms with Crippen molar-refractivity contribution in [1.29, 1.82) is 0 Å². The highest BCUT2D eigenvalue weighted by Crippen LogP contribution is 2.34. The Balaban J connectivity index is 1.75. The first kappa shape index (κ1) is 41.8. The van der Waals surface area contributed by atoms with Crippen molar-refractivity contribution < 1.29 is 33.3 Å². The van der Waals surface area contributed by atoms with E-state index in [9.17, 15) is 14.4 Å². The standard InChI is InChI=1S/C42H59N3O7/c1-11-33(23-39(46)51-41(29(6)7)52-40(47)31(9)50-26-32-14-19-36(49-10)20-15-32)34-16-21-38(45(24-27(2)3)25-28(4)5)37(22-34)44-42(48)43-35-17-12-30(8)13-18-35/h12-22,27-29,31,33,41H,11,23-26H2,1-10H3,(H2,43,44,48)/t31-,33-,41?/m0/s1. The smallest absolute Gasteiger partial charge is 0.338 e. The SMILES string of the molecule is CC[C@@H](CC(=O)OC(OC(=O)[C@H](C)OCc1ccc(OC)cc1)C(C)C)c1ccc(N(CC(C)C)CC(C)C)c(NC(=O)Nc2ccc(C)cc2)c1. The number of carbonyl (C=O) groups excluding carboxylic acids is 3. The predicted octanol–water partition coefficient (Wildman–Crippen LogP) is 9.32. The number of hydrogen-bond acceptors (Lipinski definition) is 8. The van der Waals surface area contributed by atoms with E-state index in [-0.39, 0.29) is 30.9 Å². The van der Waals surface area contributed by atoms with Crippen LogP contribution in [-0.4, -0.2) is 50.6 Å². The summed E-state index contributed by atoms with van der Waals surface area (Å²) in [4.78, 5) is 41.9. The molecule has 2 amide bonds. The van der Waals surface area contributed by atoms with Gasteiger partial charge in [0.05, 0.1) is 31.5 Å². The van der Waals surface area contributed by atoms with Gasteiger partial charge in [-0.15, -0.1) is 0 Å². The molecule has 3 aromatic rings. The molecule has 0 heterocycles. The third kappa shape index (κ3) is 13.5. The van der Waals surface area contributed by atoms with Crippen LogP contribution in [0, 0.1) is 24.7 Å². The van der Waals surface area contributed by atoms with Crippen molar-refractivity contribution in [1.82, 2.24) is 0 Å². The average Bonchev–Trinajstić information content (AvgIpc) is 3.09. The summed E-state index contributed by atoms with van der Waals surface area (Å²) >= 11 is 0. The molecule has 0 saturated carbocycles. The Morgan fingerprint density at radius 1 is 0.788 bits per heavy atom. The fraction of sp³-hybridized carbons (Fsp3) is 0.500.